The van der Waals surface area contributed by atoms with Crippen LogP contribution in [0.1, 0.15) is 44.9 Å². The van der Waals surface area contributed by atoms with Gasteiger partial charge in [0.05, 0.1) is 0 Å². The Balaban J connectivity index is 1.68. The Morgan fingerprint density at radius 2 is 1.61 bits per heavy atom. The van der Waals surface area contributed by atoms with Gasteiger partial charge in [0.1, 0.15) is 0 Å². The van der Waals surface area contributed by atoms with Crippen LogP contribution in [-0.2, 0) is 0 Å². The molecule has 18 heavy (non-hydrogen) atoms. The van der Waals surface area contributed by atoms with E-state index in [9.17, 15) is 0 Å². The maximum Gasteiger partial charge on any atom is 0.171 e. The molecule has 1 saturated carbocycles. The van der Waals surface area contributed by atoms with E-state index in [0.29, 0.717) is 10.6 Å². The van der Waals surface area contributed by atoms with Gasteiger partial charge in [0, 0.05) is 25.5 Å². The number of hydrogen-bond acceptors (Lipinski definition) is 3. The number of hydrogen-bond donors (Lipinski definition) is 0. The van der Waals surface area contributed by atoms with Crippen molar-refractivity contribution in [2.24, 2.45) is 5.41 Å². The fraction of sp³-hybridized carbons (Fsp3) is 0.714. The molecule has 1 aromatic heterocycles. The first-order valence-corrected chi connectivity index (χ1v) is 7.38. The molecule has 0 atom stereocenters. The zero-order valence-electron chi connectivity index (χ0n) is 10.7. The highest BCUT2D eigenvalue weighted by Crippen LogP contribution is 2.45. The molecule has 1 aromatic rings. The Labute approximate surface area is 114 Å². The van der Waals surface area contributed by atoms with Crippen LogP contribution in [-0.4, -0.2) is 23.1 Å². The second-order valence-electron chi connectivity index (χ2n) is 5.72. The van der Waals surface area contributed by atoms with E-state index < -0.39 is 0 Å². The monoisotopic (exact) mass is 265 g/mol. The number of anilines is 1. The Hall–Kier alpha value is -0.830. The smallest absolute Gasteiger partial charge is 0.171 e. The number of halogens is 1. The van der Waals surface area contributed by atoms with Crippen LogP contribution < -0.4 is 4.90 Å². The predicted octanol–water partition coefficient (Wildman–Crippen LogP) is 3.68. The molecule has 0 aromatic carbocycles. The quantitative estimate of drug-likeness (QED) is 0.776. The Bertz CT molecular complexity index is 405. The summed E-state index contributed by atoms with van der Waals surface area (Å²) in [5.74, 6) is 0.866. The molecule has 0 N–H and O–H groups in total. The topological polar surface area (TPSA) is 29.0 Å². The molecule has 1 spiro atoms. The highest BCUT2D eigenvalue weighted by atomic mass is 35.5. The minimum absolute atomic E-state index is 0.539. The van der Waals surface area contributed by atoms with Crippen LogP contribution in [0.4, 0.5) is 5.82 Å². The van der Waals surface area contributed by atoms with Gasteiger partial charge < -0.3 is 4.90 Å². The van der Waals surface area contributed by atoms with Gasteiger partial charge in [-0.1, -0.05) is 30.9 Å². The minimum Gasteiger partial charge on any atom is -0.354 e. The molecule has 2 heterocycles. The minimum atomic E-state index is 0.539. The molecule has 3 nitrogen and oxygen atoms in total. The normalized spacial score (nSPS) is 23.3. The van der Waals surface area contributed by atoms with E-state index in [2.05, 4.69) is 14.9 Å². The molecule has 0 amide bonds. The van der Waals surface area contributed by atoms with Crippen molar-refractivity contribution in [3.05, 3.63) is 17.5 Å². The highest BCUT2D eigenvalue weighted by molar-refractivity contribution is 6.31. The summed E-state index contributed by atoms with van der Waals surface area (Å²) in [6.45, 7) is 2.16. The van der Waals surface area contributed by atoms with E-state index in [4.69, 9.17) is 11.6 Å². The van der Waals surface area contributed by atoms with Gasteiger partial charge in [-0.15, -0.1) is 0 Å². The largest absolute Gasteiger partial charge is 0.354 e. The van der Waals surface area contributed by atoms with Crippen LogP contribution in [0.2, 0.25) is 5.15 Å². The number of rotatable bonds is 1. The van der Waals surface area contributed by atoms with E-state index in [-0.39, 0.29) is 0 Å². The van der Waals surface area contributed by atoms with Crippen molar-refractivity contribution in [3.63, 3.8) is 0 Å². The molecule has 1 saturated heterocycles. The summed E-state index contributed by atoms with van der Waals surface area (Å²) >= 11 is 6.12. The van der Waals surface area contributed by atoms with E-state index >= 15 is 0 Å². The fourth-order valence-electron chi connectivity index (χ4n) is 3.52. The van der Waals surface area contributed by atoms with Gasteiger partial charge in [-0.25, -0.2) is 9.97 Å². The fourth-order valence-corrected chi connectivity index (χ4v) is 3.75. The Morgan fingerprint density at radius 1 is 0.944 bits per heavy atom. The molecule has 3 rings (SSSR count). The Morgan fingerprint density at radius 3 is 2.28 bits per heavy atom. The first-order valence-electron chi connectivity index (χ1n) is 7.01. The summed E-state index contributed by atoms with van der Waals surface area (Å²) < 4.78 is 0. The van der Waals surface area contributed by atoms with E-state index in [1.807, 2.05) is 0 Å². The molecule has 98 valence electrons. The third-order valence-corrected chi connectivity index (χ3v) is 4.94. The molecule has 0 unspecified atom stereocenters. The molecule has 4 heteroatoms. The summed E-state index contributed by atoms with van der Waals surface area (Å²) in [7, 11) is 0. The molecule has 2 aliphatic rings. The van der Waals surface area contributed by atoms with Crippen molar-refractivity contribution in [3.8, 4) is 0 Å². The summed E-state index contributed by atoms with van der Waals surface area (Å²) in [4.78, 5) is 10.8. The zero-order chi connectivity index (χ0) is 12.4. The van der Waals surface area contributed by atoms with Gasteiger partial charge >= 0.3 is 0 Å². The van der Waals surface area contributed by atoms with Crippen LogP contribution in [0.15, 0.2) is 12.4 Å². The van der Waals surface area contributed by atoms with E-state index in [1.165, 1.54) is 44.9 Å². The summed E-state index contributed by atoms with van der Waals surface area (Å²) in [5.41, 5.74) is 0.628. The average Bonchev–Trinajstić information content (AvgIpc) is 2.42. The SMILES string of the molecule is Clc1nccnc1N1CCC2(CCCCC2)CC1. The predicted molar refractivity (Wildman–Crippen MR) is 74.0 cm³/mol. The summed E-state index contributed by atoms with van der Waals surface area (Å²) in [6, 6.07) is 0. The standard InChI is InChI=1S/C14H20ClN3/c15-12-13(17-9-8-16-12)18-10-6-14(7-11-18)4-2-1-3-5-14/h8-9H,1-7,10-11H2. The molecule has 0 bridgehead atoms. The zero-order valence-corrected chi connectivity index (χ0v) is 11.5. The lowest BCUT2D eigenvalue weighted by Gasteiger charge is -2.44. The van der Waals surface area contributed by atoms with Crippen LogP contribution in [0.25, 0.3) is 0 Å². The third kappa shape index (κ3) is 2.33. The van der Waals surface area contributed by atoms with Gasteiger partial charge in [0.15, 0.2) is 11.0 Å². The average molecular weight is 266 g/mol. The van der Waals surface area contributed by atoms with Crippen molar-refractivity contribution in [2.45, 2.75) is 44.9 Å². The van der Waals surface area contributed by atoms with Crippen LogP contribution >= 0.6 is 11.6 Å². The molecule has 0 radical (unpaired) electrons. The molecule has 1 aliphatic heterocycles. The third-order valence-electron chi connectivity index (χ3n) is 4.67. The molecular weight excluding hydrogens is 246 g/mol. The van der Waals surface area contributed by atoms with Gasteiger partial charge in [-0.3, -0.25) is 0 Å². The number of piperidine rings is 1. The summed E-state index contributed by atoms with van der Waals surface area (Å²) in [5, 5.41) is 0.539. The van der Waals surface area contributed by atoms with Crippen molar-refractivity contribution in [2.75, 3.05) is 18.0 Å². The molecule has 2 fully saturated rings. The lowest BCUT2D eigenvalue weighted by molar-refractivity contribution is 0.144. The van der Waals surface area contributed by atoms with Crippen LogP contribution in [0, 0.1) is 5.41 Å². The van der Waals surface area contributed by atoms with Crippen LogP contribution in [0.3, 0.4) is 0 Å². The second-order valence-corrected chi connectivity index (χ2v) is 6.08. The van der Waals surface area contributed by atoms with Gasteiger partial charge in [0.25, 0.3) is 0 Å². The van der Waals surface area contributed by atoms with Crippen molar-refractivity contribution in [1.82, 2.24) is 9.97 Å². The molecule has 1 aliphatic carbocycles. The van der Waals surface area contributed by atoms with E-state index in [0.717, 1.165) is 18.9 Å². The maximum atomic E-state index is 6.12. The Kier molecular flexibility index (Phi) is 3.42. The van der Waals surface area contributed by atoms with Crippen molar-refractivity contribution >= 4 is 17.4 Å². The van der Waals surface area contributed by atoms with Crippen molar-refractivity contribution in [1.29, 1.82) is 0 Å². The van der Waals surface area contributed by atoms with Gasteiger partial charge in [-0.2, -0.15) is 0 Å². The molecular formula is C14H20ClN3. The van der Waals surface area contributed by atoms with E-state index in [1.54, 1.807) is 12.4 Å². The number of aromatic nitrogens is 2. The van der Waals surface area contributed by atoms with Crippen LogP contribution in [0.5, 0.6) is 0 Å². The first kappa shape index (κ1) is 12.2. The lowest BCUT2D eigenvalue weighted by Crippen LogP contribution is -2.41. The second kappa shape index (κ2) is 5.04. The summed E-state index contributed by atoms with van der Waals surface area (Å²) in [6.07, 6.45) is 13.1. The highest BCUT2D eigenvalue weighted by Gasteiger charge is 2.36. The lowest BCUT2D eigenvalue weighted by atomic mass is 9.68. The van der Waals surface area contributed by atoms with Gasteiger partial charge in [-0.05, 0) is 31.1 Å². The van der Waals surface area contributed by atoms with Crippen molar-refractivity contribution < 1.29 is 0 Å². The first-order chi connectivity index (χ1) is 8.79. The van der Waals surface area contributed by atoms with Gasteiger partial charge in [0.2, 0.25) is 0 Å². The maximum absolute atomic E-state index is 6.12. The number of nitrogens with zero attached hydrogens (tertiary/aromatic N) is 3.